The van der Waals surface area contributed by atoms with Crippen molar-refractivity contribution in [2.45, 2.75) is 25.8 Å². The molecule has 6 nitrogen and oxygen atoms in total. The molecule has 3 aromatic heterocycles. The Labute approximate surface area is 139 Å². The summed E-state index contributed by atoms with van der Waals surface area (Å²) >= 11 is 0. The number of carbonyl (C=O) groups is 1. The molecule has 3 heterocycles. The number of aromatic nitrogens is 3. The molecule has 1 aliphatic rings. The molecule has 2 atom stereocenters. The summed E-state index contributed by atoms with van der Waals surface area (Å²) in [6.07, 6.45) is 6.22. The largest absolute Gasteiger partial charge is 0.461 e. The van der Waals surface area contributed by atoms with Crippen molar-refractivity contribution in [3.05, 3.63) is 59.9 Å². The fourth-order valence-electron chi connectivity index (χ4n) is 2.77. The fourth-order valence-corrected chi connectivity index (χ4v) is 2.77. The van der Waals surface area contributed by atoms with Crippen LogP contribution in [0.3, 0.4) is 0 Å². The van der Waals surface area contributed by atoms with E-state index in [0.717, 1.165) is 11.4 Å². The third-order valence-electron chi connectivity index (χ3n) is 4.33. The van der Waals surface area contributed by atoms with E-state index in [9.17, 15) is 4.79 Å². The van der Waals surface area contributed by atoms with Gasteiger partial charge in [0.15, 0.2) is 11.5 Å². The van der Waals surface area contributed by atoms with E-state index < -0.39 is 0 Å². The third kappa shape index (κ3) is 2.95. The Balaban J connectivity index is 1.35. The van der Waals surface area contributed by atoms with Crippen LogP contribution in [0.2, 0.25) is 0 Å². The first-order valence-electron chi connectivity index (χ1n) is 8.05. The quantitative estimate of drug-likeness (QED) is 0.733. The van der Waals surface area contributed by atoms with Crippen molar-refractivity contribution in [1.82, 2.24) is 19.9 Å². The summed E-state index contributed by atoms with van der Waals surface area (Å²) in [5.74, 6) is 3.46. The van der Waals surface area contributed by atoms with E-state index in [4.69, 9.17) is 4.42 Å². The zero-order chi connectivity index (χ0) is 16.5. The maximum Gasteiger partial charge on any atom is 0.244 e. The lowest BCUT2D eigenvalue weighted by atomic mass is 10.3. The number of amides is 1. The van der Waals surface area contributed by atoms with E-state index in [1.807, 2.05) is 40.9 Å². The average molecular weight is 322 g/mol. The van der Waals surface area contributed by atoms with E-state index in [1.165, 1.54) is 12.5 Å². The monoisotopic (exact) mass is 322 g/mol. The van der Waals surface area contributed by atoms with Crippen LogP contribution < -0.4 is 5.32 Å². The minimum Gasteiger partial charge on any atom is -0.461 e. The molecular formula is C18H18N4O2. The van der Waals surface area contributed by atoms with Gasteiger partial charge in [0.2, 0.25) is 5.91 Å². The van der Waals surface area contributed by atoms with Gasteiger partial charge in [0.25, 0.3) is 0 Å². The van der Waals surface area contributed by atoms with Crippen LogP contribution in [0.25, 0.3) is 11.7 Å². The molecule has 3 aromatic rings. The van der Waals surface area contributed by atoms with E-state index in [1.54, 1.807) is 6.08 Å². The van der Waals surface area contributed by atoms with Gasteiger partial charge in [-0.05, 0) is 42.7 Å². The van der Waals surface area contributed by atoms with Crippen molar-refractivity contribution in [2.75, 3.05) is 0 Å². The van der Waals surface area contributed by atoms with Gasteiger partial charge in [-0.15, -0.1) is 10.2 Å². The second kappa shape index (κ2) is 5.96. The Morgan fingerprint density at radius 3 is 3.08 bits per heavy atom. The lowest BCUT2D eigenvalue weighted by Crippen LogP contribution is -2.21. The fraction of sp³-hybridized carbons (Fsp3) is 0.278. The average Bonchev–Trinajstić information content (AvgIpc) is 3.02. The first kappa shape index (κ1) is 14.7. The molecule has 1 N–H and O–H groups in total. The highest BCUT2D eigenvalue weighted by Gasteiger charge is 2.36. The minimum absolute atomic E-state index is 0.194. The summed E-state index contributed by atoms with van der Waals surface area (Å²) in [5, 5.41) is 10.9. The normalized spacial score (nSPS) is 19.9. The molecule has 0 bridgehead atoms. The standard InChI is InChI=1S/C18H18N4O2/c1-12-10-14(12)15-7-5-13(24-15)6-8-18(23)19-11-17-21-20-16-4-2-3-9-22(16)17/h2-9,12,14H,10-11H2,1H3,(H,19,23). The summed E-state index contributed by atoms with van der Waals surface area (Å²) in [6, 6.07) is 9.56. The Kier molecular flexibility index (Phi) is 3.65. The van der Waals surface area contributed by atoms with Crippen LogP contribution in [-0.4, -0.2) is 20.5 Å². The van der Waals surface area contributed by atoms with Gasteiger partial charge < -0.3 is 9.73 Å². The van der Waals surface area contributed by atoms with Crippen molar-refractivity contribution in [1.29, 1.82) is 0 Å². The van der Waals surface area contributed by atoms with Gasteiger partial charge in [-0.25, -0.2) is 0 Å². The molecule has 1 fully saturated rings. The van der Waals surface area contributed by atoms with Crippen molar-refractivity contribution < 1.29 is 9.21 Å². The number of hydrogen-bond acceptors (Lipinski definition) is 4. The number of nitrogens with one attached hydrogen (secondary N) is 1. The van der Waals surface area contributed by atoms with Gasteiger partial charge in [-0.1, -0.05) is 13.0 Å². The molecule has 1 aliphatic carbocycles. The van der Waals surface area contributed by atoms with Crippen molar-refractivity contribution in [3.63, 3.8) is 0 Å². The van der Waals surface area contributed by atoms with Gasteiger partial charge in [0.1, 0.15) is 11.5 Å². The Morgan fingerprint density at radius 1 is 1.38 bits per heavy atom. The molecule has 122 valence electrons. The highest BCUT2D eigenvalue weighted by atomic mass is 16.3. The van der Waals surface area contributed by atoms with Gasteiger partial charge in [-0.3, -0.25) is 9.20 Å². The van der Waals surface area contributed by atoms with Crippen molar-refractivity contribution >= 4 is 17.6 Å². The smallest absolute Gasteiger partial charge is 0.244 e. The molecule has 4 rings (SSSR count). The highest BCUT2D eigenvalue weighted by Crippen LogP contribution is 2.47. The maximum absolute atomic E-state index is 12.0. The van der Waals surface area contributed by atoms with Crippen LogP contribution in [0, 0.1) is 5.92 Å². The van der Waals surface area contributed by atoms with Crippen LogP contribution in [-0.2, 0) is 11.3 Å². The lowest BCUT2D eigenvalue weighted by molar-refractivity contribution is -0.116. The number of hydrogen-bond donors (Lipinski definition) is 1. The predicted molar refractivity (Wildman–Crippen MR) is 89.1 cm³/mol. The second-order valence-corrected chi connectivity index (χ2v) is 6.16. The van der Waals surface area contributed by atoms with E-state index in [2.05, 4.69) is 22.4 Å². The molecule has 0 radical (unpaired) electrons. The van der Waals surface area contributed by atoms with Crippen LogP contribution in [0.4, 0.5) is 0 Å². The Morgan fingerprint density at radius 2 is 2.25 bits per heavy atom. The first-order valence-corrected chi connectivity index (χ1v) is 8.05. The summed E-state index contributed by atoms with van der Waals surface area (Å²) in [6.45, 7) is 2.53. The minimum atomic E-state index is -0.194. The van der Waals surface area contributed by atoms with Crippen LogP contribution in [0.15, 0.2) is 47.0 Å². The molecule has 0 spiro atoms. The van der Waals surface area contributed by atoms with Gasteiger partial charge in [0.05, 0.1) is 6.54 Å². The van der Waals surface area contributed by atoms with Crippen LogP contribution in [0.5, 0.6) is 0 Å². The van der Waals surface area contributed by atoms with Crippen molar-refractivity contribution in [3.8, 4) is 0 Å². The number of fused-ring (bicyclic) bond motifs is 1. The summed E-state index contributed by atoms with van der Waals surface area (Å²) in [4.78, 5) is 12.0. The molecule has 6 heteroatoms. The molecule has 1 saturated carbocycles. The Bertz CT molecular complexity index is 909. The van der Waals surface area contributed by atoms with E-state index in [0.29, 0.717) is 30.0 Å². The third-order valence-corrected chi connectivity index (χ3v) is 4.33. The number of nitrogens with zero attached hydrogens (tertiary/aromatic N) is 3. The zero-order valence-corrected chi connectivity index (χ0v) is 13.3. The molecule has 1 amide bonds. The first-order chi connectivity index (χ1) is 11.7. The zero-order valence-electron chi connectivity index (χ0n) is 13.3. The van der Waals surface area contributed by atoms with Gasteiger partial charge in [0, 0.05) is 18.2 Å². The number of carbonyl (C=O) groups excluding carboxylic acids is 1. The van der Waals surface area contributed by atoms with Crippen molar-refractivity contribution in [2.24, 2.45) is 5.92 Å². The summed E-state index contributed by atoms with van der Waals surface area (Å²) in [7, 11) is 0. The molecule has 0 saturated heterocycles. The number of furan rings is 1. The Hall–Kier alpha value is -2.89. The summed E-state index contributed by atoms with van der Waals surface area (Å²) < 4.78 is 7.59. The van der Waals surface area contributed by atoms with E-state index in [-0.39, 0.29) is 5.91 Å². The molecular weight excluding hydrogens is 304 g/mol. The van der Waals surface area contributed by atoms with Gasteiger partial charge in [-0.2, -0.15) is 0 Å². The number of pyridine rings is 1. The van der Waals surface area contributed by atoms with Gasteiger partial charge >= 0.3 is 0 Å². The maximum atomic E-state index is 12.0. The molecule has 24 heavy (non-hydrogen) atoms. The predicted octanol–water partition coefficient (Wildman–Crippen LogP) is 2.78. The second-order valence-electron chi connectivity index (χ2n) is 6.16. The molecule has 2 unspecified atom stereocenters. The number of rotatable bonds is 5. The highest BCUT2D eigenvalue weighted by molar-refractivity contribution is 5.91. The molecule has 0 aliphatic heterocycles. The lowest BCUT2D eigenvalue weighted by Gasteiger charge is -2.00. The summed E-state index contributed by atoms with van der Waals surface area (Å²) in [5.41, 5.74) is 0.759. The SMILES string of the molecule is CC1CC1c1ccc(C=CC(=O)NCc2nnc3ccccn23)o1. The molecule has 0 aromatic carbocycles. The topological polar surface area (TPSA) is 72.4 Å². The van der Waals surface area contributed by atoms with E-state index >= 15 is 0 Å². The van der Waals surface area contributed by atoms with Crippen LogP contribution in [0.1, 0.15) is 36.6 Å². The van der Waals surface area contributed by atoms with Crippen LogP contribution >= 0.6 is 0 Å².